The zero-order chi connectivity index (χ0) is 60.4. The summed E-state index contributed by atoms with van der Waals surface area (Å²) in [6.07, 6.45) is 15.5. The summed E-state index contributed by atoms with van der Waals surface area (Å²) in [7, 11) is 0. The number of rotatable bonds is 5. The van der Waals surface area contributed by atoms with E-state index in [2.05, 4.69) is 99.6 Å². The predicted molar refractivity (Wildman–Crippen MR) is 312 cm³/mol. The van der Waals surface area contributed by atoms with E-state index in [0.717, 1.165) is 23.0 Å². The monoisotopic (exact) mass is 1040 g/mol. The molecule has 0 radical (unpaired) electrons. The van der Waals surface area contributed by atoms with Crippen molar-refractivity contribution >= 4 is 59.8 Å². The molecule has 11 nitrogen and oxygen atoms in total. The van der Waals surface area contributed by atoms with Crippen LogP contribution in [0.5, 0.6) is 0 Å². The number of esters is 2. The zero-order valence-electron chi connectivity index (χ0n) is 49.9. The van der Waals surface area contributed by atoms with E-state index in [1.807, 2.05) is 131 Å². The first-order valence-corrected chi connectivity index (χ1v) is 24.3. The number of carboxylic acids is 1. The lowest BCUT2D eigenvalue weighted by Gasteiger charge is -2.21. The minimum absolute atomic E-state index is 0.0536. The van der Waals surface area contributed by atoms with E-state index in [-0.39, 0.29) is 51.3 Å². The highest BCUT2D eigenvalue weighted by Crippen LogP contribution is 2.27. The molecule has 0 fully saturated rings. The van der Waals surface area contributed by atoms with Crippen LogP contribution < -0.4 is 10.8 Å². The van der Waals surface area contributed by atoms with Gasteiger partial charge in [-0.05, 0) is 112 Å². The van der Waals surface area contributed by atoms with Gasteiger partial charge in [-0.25, -0.2) is 14.4 Å². The van der Waals surface area contributed by atoms with Gasteiger partial charge in [0.25, 0.3) is 0 Å². The van der Waals surface area contributed by atoms with Gasteiger partial charge in [0.2, 0.25) is 5.78 Å². The maximum Gasteiger partial charge on any atom is 0.382 e. The van der Waals surface area contributed by atoms with Crippen LogP contribution in [0.2, 0.25) is 0 Å². The third kappa shape index (κ3) is 56.2. The Morgan fingerprint density at radius 2 is 1.04 bits per heavy atom. The number of hydrogen-bond acceptors (Lipinski definition) is 10. The van der Waals surface area contributed by atoms with Crippen molar-refractivity contribution in [2.45, 2.75) is 164 Å². The first-order valence-electron chi connectivity index (χ1n) is 24.3. The van der Waals surface area contributed by atoms with E-state index in [0.29, 0.717) is 11.0 Å². The van der Waals surface area contributed by atoms with Crippen molar-refractivity contribution in [1.29, 1.82) is 0 Å². The van der Waals surface area contributed by atoms with Crippen LogP contribution in [0.15, 0.2) is 127 Å². The van der Waals surface area contributed by atoms with Crippen molar-refractivity contribution in [2.24, 2.45) is 27.1 Å². The van der Waals surface area contributed by atoms with E-state index in [9.17, 15) is 33.6 Å². The average molecular weight is 1040 g/mol. The van der Waals surface area contributed by atoms with Gasteiger partial charge in [0.05, 0.1) is 0 Å². The normalized spacial score (nSPS) is 12.2. The Labute approximate surface area is 452 Å². The summed E-state index contributed by atoms with van der Waals surface area (Å²) in [4.78, 5) is 74.8. The quantitative estimate of drug-likeness (QED) is 0.0754. The van der Waals surface area contributed by atoms with E-state index < -0.39 is 22.6 Å². The number of ketones is 4. The summed E-state index contributed by atoms with van der Waals surface area (Å²) >= 11 is 0. The molecule has 3 rings (SSSR count). The molecule has 1 aliphatic carbocycles. The maximum absolute atomic E-state index is 11.3. The number of Topliss-reactive ketones (excluding diaryl/α,β-unsaturated/α-hetero) is 1. The largest absolute Gasteiger partial charge is 0.472 e. The Bertz CT molecular complexity index is 2390. The standard InChI is InChI=1S/C10H12O2.C10H14O.C10H10.C8H10O3.2C7H12O2.C7H12O.C5H12/c1-10(2,3)8-6-7(11)4-5-9(8)12;1-8-5-6-9(11-8)7-10(2,3)4;1-2-3-7-10-8-5-4-6-9-10;1-8(2,3)6(9)4-5-7(10)11;2*1-5-6(8)9-7(2,3)4;1-5-6(8)7(2,3)4;1-5(2,3)4/h4-6H,1-3H3;5-7H,1H2,2-4H3;2-9H,1H2;1-3H3,(H,10,11);2*5H,1H2,2-4H3;5H,1H2,2-4H3;1-4H3/b;9-7+;7-3-;;;;;. The van der Waals surface area contributed by atoms with Crippen molar-refractivity contribution in [1.82, 2.24) is 0 Å². The smallest absolute Gasteiger partial charge is 0.382 e. The van der Waals surface area contributed by atoms with Crippen LogP contribution in [0.25, 0.3) is 18.7 Å². The molecule has 0 atom stereocenters. The average Bonchev–Trinajstić information content (AvgIpc) is 3.63. The van der Waals surface area contributed by atoms with E-state index in [1.165, 1.54) is 29.9 Å². The summed E-state index contributed by atoms with van der Waals surface area (Å²) in [5.41, 5.74) is 2.24. The van der Waals surface area contributed by atoms with Crippen LogP contribution in [0.4, 0.5) is 0 Å². The number of furan rings is 1. The Balaban J connectivity index is -0.000000251. The third-order valence-corrected chi connectivity index (χ3v) is 7.28. The maximum atomic E-state index is 11.3. The van der Waals surface area contributed by atoms with Crippen LogP contribution in [0.1, 0.15) is 158 Å². The van der Waals surface area contributed by atoms with Gasteiger partial charge in [-0.1, -0.05) is 192 Å². The molecule has 75 heavy (non-hydrogen) atoms. The van der Waals surface area contributed by atoms with Gasteiger partial charge in [0, 0.05) is 34.5 Å². The van der Waals surface area contributed by atoms with Gasteiger partial charge in [0.1, 0.15) is 22.0 Å². The third-order valence-electron chi connectivity index (χ3n) is 7.28. The van der Waals surface area contributed by atoms with Crippen LogP contribution in [0.3, 0.4) is 0 Å². The molecular formula is C64H94O11. The molecule has 1 aromatic heterocycles. The molecule has 0 aliphatic heterocycles. The van der Waals surface area contributed by atoms with E-state index in [4.69, 9.17) is 19.0 Å². The van der Waals surface area contributed by atoms with Gasteiger partial charge in [-0.3, -0.25) is 19.2 Å². The second-order valence-corrected chi connectivity index (χ2v) is 24.2. The van der Waals surface area contributed by atoms with Crippen molar-refractivity contribution in [3.8, 4) is 11.8 Å². The zero-order valence-corrected chi connectivity index (χ0v) is 49.9. The highest BCUT2D eigenvalue weighted by atomic mass is 16.6. The molecule has 0 saturated heterocycles. The number of ether oxygens (including phenoxy) is 2. The molecule has 0 amide bonds. The minimum atomic E-state index is -1.28. The minimum Gasteiger partial charge on any atom is -0.472 e. The lowest BCUT2D eigenvalue weighted by Crippen LogP contribution is -2.22. The summed E-state index contributed by atoms with van der Waals surface area (Å²) in [5.74, 6) is 1.36. The van der Waals surface area contributed by atoms with Gasteiger partial charge in [-0.2, -0.15) is 0 Å². The number of hydrogen-bond donors (Lipinski definition) is 1. The van der Waals surface area contributed by atoms with Crippen molar-refractivity contribution in [3.63, 3.8) is 0 Å². The Morgan fingerprint density at radius 3 is 1.29 bits per heavy atom. The molecule has 2 aromatic rings. The lowest BCUT2D eigenvalue weighted by atomic mass is 9.81. The number of benzene rings is 1. The summed E-state index contributed by atoms with van der Waals surface area (Å²) < 4.78 is 15.0. The summed E-state index contributed by atoms with van der Waals surface area (Å²) in [6.45, 7) is 59.7. The Hall–Kier alpha value is -6.93. The van der Waals surface area contributed by atoms with Gasteiger partial charge < -0.3 is 19.0 Å². The summed E-state index contributed by atoms with van der Waals surface area (Å²) in [6, 6.07) is 14.0. The first kappa shape index (κ1) is 77.0. The molecule has 1 aliphatic rings. The molecule has 1 aromatic carbocycles. The van der Waals surface area contributed by atoms with E-state index >= 15 is 0 Å². The number of carbonyl (C=O) groups excluding carboxylic acids is 6. The number of carbonyl (C=O) groups is 7. The van der Waals surface area contributed by atoms with Crippen LogP contribution >= 0.6 is 0 Å². The van der Waals surface area contributed by atoms with Gasteiger partial charge in [0.15, 0.2) is 17.3 Å². The topological polar surface area (TPSA) is 171 Å². The van der Waals surface area contributed by atoms with Crippen molar-refractivity contribution in [2.75, 3.05) is 0 Å². The molecule has 1 N–H and O–H groups in total. The fourth-order valence-corrected chi connectivity index (χ4v) is 4.03. The van der Waals surface area contributed by atoms with Gasteiger partial charge in [-0.15, -0.1) is 0 Å². The van der Waals surface area contributed by atoms with Crippen LogP contribution in [-0.4, -0.2) is 57.3 Å². The number of allylic oxidation sites excluding steroid dienone is 7. The van der Waals surface area contributed by atoms with Crippen LogP contribution in [0, 0.1) is 38.9 Å². The molecule has 416 valence electrons. The second kappa shape index (κ2) is 36.1. The highest BCUT2D eigenvalue weighted by Gasteiger charge is 2.25. The second-order valence-electron chi connectivity index (χ2n) is 24.2. The molecule has 0 saturated carbocycles. The molecule has 0 unspecified atom stereocenters. The Kier molecular flexibility index (Phi) is 37.0. The van der Waals surface area contributed by atoms with Crippen molar-refractivity contribution in [3.05, 3.63) is 139 Å². The van der Waals surface area contributed by atoms with Crippen molar-refractivity contribution < 1.29 is 52.6 Å². The van der Waals surface area contributed by atoms with Crippen LogP contribution in [-0.2, 0) is 43.0 Å². The molecule has 0 bridgehead atoms. The fourth-order valence-electron chi connectivity index (χ4n) is 4.03. The molecule has 11 heteroatoms. The fraction of sp³-hybridized carbons (Fsp3) is 0.453. The Morgan fingerprint density at radius 1 is 0.600 bits per heavy atom. The SMILES string of the molecule is C=C/C=C\c1ccccc1.C=CC(=O)C(C)(C)C.C=CC(=O)OC(C)(C)C.C=CC(=O)OC(C)(C)C.C=c1cc/c(=C\C(C)(C)C)o1.CC(C)(C)C.CC(C)(C)C(=O)C#CC(=O)O.CC(C)(C)C1=CC(=O)C=CC1=O. The molecule has 0 spiro atoms. The number of carboxylic acid groups (broad SMARTS) is 1. The number of aliphatic carboxylic acids is 1. The first-order chi connectivity index (χ1) is 33.5. The van der Waals surface area contributed by atoms with E-state index in [1.54, 1.807) is 32.8 Å². The summed E-state index contributed by atoms with van der Waals surface area (Å²) in [5, 5.41) is 8.10. The van der Waals surface area contributed by atoms with Gasteiger partial charge >= 0.3 is 17.9 Å². The predicted octanol–water partition coefficient (Wildman–Crippen LogP) is 13.6. The molecular weight excluding hydrogens is 945 g/mol. The molecule has 1 heterocycles. The highest BCUT2D eigenvalue weighted by molar-refractivity contribution is 6.17. The lowest BCUT2D eigenvalue weighted by molar-refractivity contribution is -0.149.